The van der Waals surface area contributed by atoms with Gasteiger partial charge in [0.2, 0.25) is 0 Å². The SMILES string of the molecule is CCC(=O)OCCC[N+](C)(C)C.[I-]. The number of esters is 1. The second kappa shape index (κ2) is 7.55. The van der Waals surface area contributed by atoms with Crippen molar-refractivity contribution in [1.29, 1.82) is 0 Å². The van der Waals surface area contributed by atoms with Gasteiger partial charge < -0.3 is 33.2 Å². The molecule has 0 N–H and O–H groups in total. The van der Waals surface area contributed by atoms with Gasteiger partial charge in [0.15, 0.2) is 0 Å². The molecule has 0 atom stereocenters. The third kappa shape index (κ3) is 12.2. The Morgan fingerprint density at radius 1 is 1.31 bits per heavy atom. The summed E-state index contributed by atoms with van der Waals surface area (Å²) in [6.45, 7) is 3.40. The van der Waals surface area contributed by atoms with Crippen LogP contribution in [0, 0.1) is 0 Å². The molecule has 80 valence electrons. The normalized spacial score (nSPS) is 10.5. The maximum Gasteiger partial charge on any atom is 0.305 e. The lowest BCUT2D eigenvalue weighted by atomic mass is 10.4. The van der Waals surface area contributed by atoms with Crippen LogP contribution < -0.4 is 24.0 Å². The Morgan fingerprint density at radius 2 is 1.85 bits per heavy atom. The molecule has 0 saturated heterocycles. The van der Waals surface area contributed by atoms with E-state index >= 15 is 0 Å². The Kier molecular flexibility index (Phi) is 9.08. The molecule has 13 heavy (non-hydrogen) atoms. The molecule has 0 bridgehead atoms. The number of hydrogen-bond donors (Lipinski definition) is 0. The number of hydrogen-bond acceptors (Lipinski definition) is 2. The van der Waals surface area contributed by atoms with Gasteiger partial charge in [0.1, 0.15) is 0 Å². The Bertz CT molecular complexity index is 143. The van der Waals surface area contributed by atoms with Crippen LogP contribution in [0.5, 0.6) is 0 Å². The lowest BCUT2D eigenvalue weighted by Crippen LogP contribution is -3.00. The van der Waals surface area contributed by atoms with Gasteiger partial charge in [0.25, 0.3) is 0 Å². The van der Waals surface area contributed by atoms with Gasteiger partial charge >= 0.3 is 5.97 Å². The highest BCUT2D eigenvalue weighted by Gasteiger charge is 2.06. The first-order valence-corrected chi connectivity index (χ1v) is 4.42. The Morgan fingerprint density at radius 3 is 2.23 bits per heavy atom. The average molecular weight is 301 g/mol. The van der Waals surface area contributed by atoms with E-state index in [1.54, 1.807) is 0 Å². The van der Waals surface area contributed by atoms with E-state index < -0.39 is 0 Å². The molecular formula is C9H20INO2. The standard InChI is InChI=1S/C9H20NO2.HI/c1-5-9(11)12-8-6-7-10(2,3)4;/h5-8H2,1-4H3;1H/q+1;/p-1. The first kappa shape index (κ1) is 15.6. The molecule has 0 aromatic rings. The van der Waals surface area contributed by atoms with Gasteiger partial charge in [-0.05, 0) is 0 Å². The largest absolute Gasteiger partial charge is 1.00 e. The minimum absolute atomic E-state index is 0. The van der Waals surface area contributed by atoms with E-state index in [2.05, 4.69) is 21.1 Å². The van der Waals surface area contributed by atoms with Crippen LogP contribution in [0.2, 0.25) is 0 Å². The van der Waals surface area contributed by atoms with Gasteiger partial charge in [-0.25, -0.2) is 0 Å². The van der Waals surface area contributed by atoms with Gasteiger partial charge in [-0.3, -0.25) is 4.79 Å². The minimum atomic E-state index is -0.101. The van der Waals surface area contributed by atoms with Gasteiger partial charge in [-0.2, -0.15) is 0 Å². The van der Waals surface area contributed by atoms with E-state index in [-0.39, 0.29) is 29.9 Å². The molecular weight excluding hydrogens is 281 g/mol. The predicted molar refractivity (Wildman–Crippen MR) is 48.8 cm³/mol. The van der Waals surface area contributed by atoms with E-state index in [1.165, 1.54) is 0 Å². The van der Waals surface area contributed by atoms with E-state index in [0.717, 1.165) is 17.4 Å². The molecule has 0 heterocycles. The topological polar surface area (TPSA) is 26.3 Å². The molecule has 0 aliphatic carbocycles. The molecule has 3 nitrogen and oxygen atoms in total. The van der Waals surface area contributed by atoms with E-state index in [9.17, 15) is 4.79 Å². The van der Waals surface area contributed by atoms with Crippen LogP contribution in [0.4, 0.5) is 0 Å². The lowest BCUT2D eigenvalue weighted by molar-refractivity contribution is -0.870. The Labute approximate surface area is 98.0 Å². The van der Waals surface area contributed by atoms with Crippen molar-refractivity contribution in [2.75, 3.05) is 34.3 Å². The van der Waals surface area contributed by atoms with E-state index in [0.29, 0.717) is 13.0 Å². The summed E-state index contributed by atoms with van der Waals surface area (Å²) in [4.78, 5) is 10.7. The number of carbonyl (C=O) groups excluding carboxylic acids is 1. The van der Waals surface area contributed by atoms with Gasteiger partial charge in [-0.1, -0.05) is 6.92 Å². The average Bonchev–Trinajstić information content (AvgIpc) is 1.96. The molecule has 0 unspecified atom stereocenters. The van der Waals surface area contributed by atoms with Crippen LogP contribution in [0.25, 0.3) is 0 Å². The van der Waals surface area contributed by atoms with Crippen molar-refractivity contribution >= 4 is 5.97 Å². The second-order valence-electron chi connectivity index (χ2n) is 3.94. The molecule has 0 spiro atoms. The summed E-state index contributed by atoms with van der Waals surface area (Å²) < 4.78 is 5.86. The number of halogens is 1. The second-order valence-corrected chi connectivity index (χ2v) is 3.94. The van der Waals surface area contributed by atoms with Gasteiger partial charge in [-0.15, -0.1) is 0 Å². The van der Waals surface area contributed by atoms with Crippen LogP contribution in [0.3, 0.4) is 0 Å². The zero-order valence-electron chi connectivity index (χ0n) is 8.97. The fourth-order valence-corrected chi connectivity index (χ4v) is 0.827. The Balaban J connectivity index is 0. The molecule has 0 rings (SSSR count). The van der Waals surface area contributed by atoms with Crippen LogP contribution in [0.15, 0.2) is 0 Å². The summed E-state index contributed by atoms with van der Waals surface area (Å²) in [5, 5.41) is 0. The summed E-state index contributed by atoms with van der Waals surface area (Å²) in [5.41, 5.74) is 0. The number of nitrogens with zero attached hydrogens (tertiary/aromatic N) is 1. The third-order valence-electron chi connectivity index (χ3n) is 1.52. The summed E-state index contributed by atoms with van der Waals surface area (Å²) in [5.74, 6) is -0.101. The van der Waals surface area contributed by atoms with E-state index in [1.807, 2.05) is 6.92 Å². The molecule has 0 amide bonds. The van der Waals surface area contributed by atoms with Crippen molar-refractivity contribution in [3.8, 4) is 0 Å². The summed E-state index contributed by atoms with van der Waals surface area (Å²) in [7, 11) is 6.38. The maximum atomic E-state index is 10.7. The summed E-state index contributed by atoms with van der Waals surface area (Å²) in [6, 6.07) is 0. The fraction of sp³-hybridized carbons (Fsp3) is 0.889. The third-order valence-corrected chi connectivity index (χ3v) is 1.52. The van der Waals surface area contributed by atoms with E-state index in [4.69, 9.17) is 4.74 Å². The first-order chi connectivity index (χ1) is 5.45. The smallest absolute Gasteiger partial charge is 0.305 e. The van der Waals surface area contributed by atoms with Crippen molar-refractivity contribution < 1.29 is 38.0 Å². The quantitative estimate of drug-likeness (QED) is 0.255. The highest BCUT2D eigenvalue weighted by atomic mass is 127. The van der Waals surface area contributed by atoms with Crippen molar-refractivity contribution in [1.82, 2.24) is 0 Å². The highest BCUT2D eigenvalue weighted by molar-refractivity contribution is 5.68. The molecule has 4 heteroatoms. The van der Waals surface area contributed by atoms with Crippen molar-refractivity contribution in [3.63, 3.8) is 0 Å². The molecule has 0 aromatic heterocycles. The molecule has 0 saturated carbocycles. The predicted octanol–water partition coefficient (Wildman–Crippen LogP) is -1.96. The van der Waals surface area contributed by atoms with Crippen LogP contribution in [-0.4, -0.2) is 44.7 Å². The number of quaternary nitrogens is 1. The van der Waals surface area contributed by atoms with Crippen LogP contribution in [0.1, 0.15) is 19.8 Å². The Hall–Kier alpha value is 0.160. The molecule has 0 fully saturated rings. The van der Waals surface area contributed by atoms with Crippen molar-refractivity contribution in [3.05, 3.63) is 0 Å². The van der Waals surface area contributed by atoms with Crippen molar-refractivity contribution in [2.24, 2.45) is 0 Å². The molecule has 0 aliphatic rings. The van der Waals surface area contributed by atoms with Crippen LogP contribution >= 0.6 is 0 Å². The lowest BCUT2D eigenvalue weighted by Gasteiger charge is -2.23. The number of rotatable bonds is 5. The molecule has 0 aliphatic heterocycles. The molecule has 0 aromatic carbocycles. The molecule has 0 radical (unpaired) electrons. The van der Waals surface area contributed by atoms with Crippen LogP contribution in [-0.2, 0) is 9.53 Å². The summed E-state index contributed by atoms with van der Waals surface area (Å²) >= 11 is 0. The zero-order chi connectivity index (χ0) is 9.61. The minimum Gasteiger partial charge on any atom is -1.00 e. The van der Waals surface area contributed by atoms with Gasteiger partial charge in [0, 0.05) is 12.8 Å². The van der Waals surface area contributed by atoms with Gasteiger partial charge in [0.05, 0.1) is 34.3 Å². The van der Waals surface area contributed by atoms with Crippen molar-refractivity contribution in [2.45, 2.75) is 19.8 Å². The number of carbonyl (C=O) groups is 1. The maximum absolute atomic E-state index is 10.7. The number of ether oxygens (including phenoxy) is 1. The summed E-state index contributed by atoms with van der Waals surface area (Å²) in [6.07, 6.45) is 1.42. The monoisotopic (exact) mass is 301 g/mol. The zero-order valence-corrected chi connectivity index (χ0v) is 11.1. The first-order valence-electron chi connectivity index (χ1n) is 4.42. The highest BCUT2D eigenvalue weighted by Crippen LogP contribution is 1.94. The fourth-order valence-electron chi connectivity index (χ4n) is 0.827.